The Morgan fingerprint density at radius 2 is 1.60 bits per heavy atom. The number of hydrogen-bond donors (Lipinski definition) is 1. The van der Waals surface area contributed by atoms with Crippen molar-refractivity contribution in [1.82, 2.24) is 14.8 Å². The van der Waals surface area contributed by atoms with Crippen molar-refractivity contribution in [2.24, 2.45) is 0 Å². The number of rotatable bonds is 5. The first-order valence-electron chi connectivity index (χ1n) is 10.4. The van der Waals surface area contributed by atoms with Crippen molar-refractivity contribution in [3.8, 4) is 16.9 Å². The van der Waals surface area contributed by atoms with Gasteiger partial charge < -0.3 is 10.1 Å². The van der Waals surface area contributed by atoms with Crippen LogP contribution >= 0.6 is 0 Å². The van der Waals surface area contributed by atoms with Crippen molar-refractivity contribution in [2.45, 2.75) is 25.4 Å². The van der Waals surface area contributed by atoms with E-state index in [2.05, 4.69) is 76.1 Å². The van der Waals surface area contributed by atoms with Gasteiger partial charge in [0.1, 0.15) is 12.1 Å². The first kappa shape index (κ1) is 18.4. The molecule has 0 fully saturated rings. The topological polar surface area (TPSA) is 52.0 Å². The molecule has 0 saturated carbocycles. The van der Waals surface area contributed by atoms with Crippen molar-refractivity contribution in [2.75, 3.05) is 11.9 Å². The highest BCUT2D eigenvalue weighted by Gasteiger charge is 2.29. The predicted octanol–water partition coefficient (Wildman–Crippen LogP) is 5.49. The minimum Gasteiger partial charge on any atom is -0.494 e. The van der Waals surface area contributed by atoms with Crippen molar-refractivity contribution in [3.63, 3.8) is 0 Å². The molecule has 150 valence electrons. The largest absolute Gasteiger partial charge is 0.494 e. The maximum Gasteiger partial charge on any atom is 0.222 e. The summed E-state index contributed by atoms with van der Waals surface area (Å²) in [6.45, 7) is 2.67. The summed E-state index contributed by atoms with van der Waals surface area (Å²) in [6.07, 6.45) is 2.52. The second-order valence-electron chi connectivity index (χ2n) is 7.47. The smallest absolute Gasteiger partial charge is 0.222 e. The Morgan fingerprint density at radius 1 is 0.900 bits per heavy atom. The summed E-state index contributed by atoms with van der Waals surface area (Å²) in [4.78, 5) is 4.44. The number of fused-ring (bicyclic) bond motifs is 1. The molecule has 5 heteroatoms. The van der Waals surface area contributed by atoms with Gasteiger partial charge in [-0.2, -0.15) is 10.1 Å². The molecule has 30 heavy (non-hydrogen) atoms. The van der Waals surface area contributed by atoms with Gasteiger partial charge in [-0.1, -0.05) is 66.7 Å². The average Bonchev–Trinajstić information content (AvgIpc) is 3.29. The maximum absolute atomic E-state index is 5.58. The van der Waals surface area contributed by atoms with E-state index in [0.29, 0.717) is 6.61 Å². The number of nitrogens with zero attached hydrogens (tertiary/aromatic N) is 3. The third kappa shape index (κ3) is 3.54. The van der Waals surface area contributed by atoms with Crippen LogP contribution in [-0.4, -0.2) is 21.4 Å². The summed E-state index contributed by atoms with van der Waals surface area (Å²) >= 11 is 0. The third-order valence-electron chi connectivity index (χ3n) is 5.63. The average molecular weight is 396 g/mol. The lowest BCUT2D eigenvalue weighted by molar-refractivity contribution is 0.340. The molecule has 1 N–H and O–H groups in total. The molecule has 2 heterocycles. The molecule has 0 unspecified atom stereocenters. The van der Waals surface area contributed by atoms with E-state index in [-0.39, 0.29) is 12.1 Å². The molecule has 2 atom stereocenters. The number of benzene rings is 3. The number of anilines is 1. The molecule has 3 aromatic carbocycles. The van der Waals surface area contributed by atoms with Gasteiger partial charge in [0, 0.05) is 0 Å². The van der Waals surface area contributed by atoms with E-state index in [4.69, 9.17) is 4.74 Å². The summed E-state index contributed by atoms with van der Waals surface area (Å²) in [7, 11) is 0. The van der Waals surface area contributed by atoms with E-state index in [9.17, 15) is 0 Å². The van der Waals surface area contributed by atoms with Gasteiger partial charge in [0.2, 0.25) is 5.95 Å². The van der Waals surface area contributed by atoms with Crippen LogP contribution in [0.1, 0.15) is 36.6 Å². The Hall–Kier alpha value is -3.60. The Morgan fingerprint density at radius 3 is 2.33 bits per heavy atom. The monoisotopic (exact) mass is 396 g/mol. The number of ether oxygens (including phenoxy) is 1. The van der Waals surface area contributed by atoms with Crippen LogP contribution in [0, 0.1) is 0 Å². The van der Waals surface area contributed by atoms with Gasteiger partial charge in [-0.25, -0.2) is 4.68 Å². The Kier molecular flexibility index (Phi) is 4.93. The molecule has 0 bridgehead atoms. The molecular formula is C25H24N4O. The van der Waals surface area contributed by atoms with Crippen LogP contribution < -0.4 is 10.1 Å². The van der Waals surface area contributed by atoms with E-state index in [1.807, 2.05) is 29.8 Å². The van der Waals surface area contributed by atoms with Crippen LogP contribution in [0.3, 0.4) is 0 Å². The molecule has 5 rings (SSSR count). The van der Waals surface area contributed by atoms with Gasteiger partial charge in [0.25, 0.3) is 0 Å². The lowest BCUT2D eigenvalue weighted by Crippen LogP contribution is -2.28. The van der Waals surface area contributed by atoms with E-state index in [1.165, 1.54) is 22.3 Å². The standard InChI is InChI=1S/C25H24N4O/c1-2-30-22-14-12-20(13-15-22)23-16-24(29-25(28-23)26-17-27-29)21-10-8-19(9-11-21)18-6-4-3-5-7-18/h3-15,17,23-24H,2,16H2,1H3,(H,26,27,28)/t23-,24-/m1/s1. The van der Waals surface area contributed by atoms with E-state index in [1.54, 1.807) is 6.33 Å². The second kappa shape index (κ2) is 8.03. The zero-order valence-electron chi connectivity index (χ0n) is 16.9. The van der Waals surface area contributed by atoms with E-state index < -0.39 is 0 Å². The normalized spacial score (nSPS) is 17.8. The number of hydrogen-bond acceptors (Lipinski definition) is 4. The second-order valence-corrected chi connectivity index (χ2v) is 7.47. The first-order valence-corrected chi connectivity index (χ1v) is 10.4. The predicted molar refractivity (Wildman–Crippen MR) is 119 cm³/mol. The fourth-order valence-electron chi connectivity index (χ4n) is 4.11. The fourth-order valence-corrected chi connectivity index (χ4v) is 4.11. The summed E-state index contributed by atoms with van der Waals surface area (Å²) in [6, 6.07) is 27.9. The van der Waals surface area contributed by atoms with Crippen LogP contribution in [0.25, 0.3) is 11.1 Å². The number of aromatic nitrogens is 3. The Labute approximate surface area is 176 Å². The van der Waals surface area contributed by atoms with Crippen molar-refractivity contribution < 1.29 is 4.74 Å². The van der Waals surface area contributed by atoms with Gasteiger partial charge in [-0.3, -0.25) is 0 Å². The van der Waals surface area contributed by atoms with Crippen LogP contribution in [0.2, 0.25) is 0 Å². The molecule has 4 aromatic rings. The van der Waals surface area contributed by atoms with Gasteiger partial charge >= 0.3 is 0 Å². The van der Waals surface area contributed by atoms with E-state index >= 15 is 0 Å². The van der Waals surface area contributed by atoms with Crippen LogP contribution in [-0.2, 0) is 0 Å². The molecule has 1 aliphatic rings. The molecule has 0 radical (unpaired) electrons. The molecule has 0 saturated heterocycles. The lowest BCUT2D eigenvalue weighted by atomic mass is 9.92. The highest BCUT2D eigenvalue weighted by molar-refractivity contribution is 5.63. The van der Waals surface area contributed by atoms with Crippen molar-refractivity contribution in [3.05, 3.63) is 96.3 Å². The fraction of sp³-hybridized carbons (Fsp3) is 0.200. The summed E-state index contributed by atoms with van der Waals surface area (Å²) in [5, 5.41) is 8.02. The van der Waals surface area contributed by atoms with Crippen LogP contribution in [0.4, 0.5) is 5.95 Å². The minimum absolute atomic E-state index is 0.130. The molecule has 0 aliphatic carbocycles. The zero-order chi connectivity index (χ0) is 20.3. The Balaban J connectivity index is 1.43. The first-order chi connectivity index (χ1) is 14.8. The minimum atomic E-state index is 0.130. The van der Waals surface area contributed by atoms with Crippen LogP contribution in [0.15, 0.2) is 85.2 Å². The molecule has 0 amide bonds. The molecule has 5 nitrogen and oxygen atoms in total. The molecule has 1 aromatic heterocycles. The van der Waals surface area contributed by atoms with Crippen LogP contribution in [0.5, 0.6) is 5.75 Å². The SMILES string of the molecule is CCOc1ccc([C@H]2C[C@H](c3ccc(-c4ccccc4)cc3)n3ncnc3N2)cc1. The van der Waals surface area contributed by atoms with Crippen molar-refractivity contribution >= 4 is 5.95 Å². The summed E-state index contributed by atoms with van der Waals surface area (Å²) in [5.74, 6) is 1.70. The Bertz CT molecular complexity index is 1100. The number of nitrogens with one attached hydrogen (secondary N) is 1. The molecular weight excluding hydrogens is 372 g/mol. The van der Waals surface area contributed by atoms with E-state index in [0.717, 1.165) is 18.1 Å². The van der Waals surface area contributed by atoms with Gasteiger partial charge in [-0.15, -0.1) is 0 Å². The van der Waals surface area contributed by atoms with Gasteiger partial charge in [-0.05, 0) is 47.7 Å². The van der Waals surface area contributed by atoms with Crippen molar-refractivity contribution in [1.29, 1.82) is 0 Å². The maximum atomic E-state index is 5.58. The molecule has 1 aliphatic heterocycles. The quantitative estimate of drug-likeness (QED) is 0.485. The lowest BCUT2D eigenvalue weighted by Gasteiger charge is -2.32. The summed E-state index contributed by atoms with van der Waals surface area (Å²) in [5.41, 5.74) is 4.90. The zero-order valence-corrected chi connectivity index (χ0v) is 16.9. The van der Waals surface area contributed by atoms with Gasteiger partial charge in [0.15, 0.2) is 0 Å². The third-order valence-corrected chi connectivity index (χ3v) is 5.63. The highest BCUT2D eigenvalue weighted by atomic mass is 16.5. The molecule has 0 spiro atoms. The van der Waals surface area contributed by atoms with Gasteiger partial charge in [0.05, 0.1) is 18.7 Å². The summed E-state index contributed by atoms with van der Waals surface area (Å²) < 4.78 is 7.57. The highest BCUT2D eigenvalue weighted by Crippen LogP contribution is 2.38.